The first-order valence-electron chi connectivity index (χ1n) is 4.97. The van der Waals surface area contributed by atoms with Crippen LogP contribution in [0.3, 0.4) is 0 Å². The van der Waals surface area contributed by atoms with Crippen LogP contribution in [0.15, 0.2) is 11.6 Å². The van der Waals surface area contributed by atoms with E-state index in [1.54, 1.807) is 0 Å². The fourth-order valence-corrected chi connectivity index (χ4v) is 1.62. The second kappa shape index (κ2) is 4.82. The van der Waals surface area contributed by atoms with Crippen LogP contribution in [0.2, 0.25) is 0 Å². The van der Waals surface area contributed by atoms with Crippen molar-refractivity contribution in [3.63, 3.8) is 0 Å². The van der Waals surface area contributed by atoms with Gasteiger partial charge in [0, 0.05) is 11.6 Å². The Kier molecular flexibility index (Phi) is 3.98. The van der Waals surface area contributed by atoms with Crippen molar-refractivity contribution in [2.45, 2.75) is 44.8 Å². The van der Waals surface area contributed by atoms with E-state index in [-0.39, 0.29) is 0 Å². The third kappa shape index (κ3) is 3.70. The fraction of sp³-hybridized carbons (Fsp3) is 0.800. The van der Waals surface area contributed by atoms with Gasteiger partial charge in [-0.2, -0.15) is 13.2 Å². The molecule has 0 saturated carbocycles. The molecule has 1 atom stereocenters. The number of halogens is 3. The van der Waals surface area contributed by atoms with E-state index in [2.05, 4.69) is 5.32 Å². The Morgan fingerprint density at radius 1 is 1.50 bits per heavy atom. The van der Waals surface area contributed by atoms with E-state index >= 15 is 0 Å². The van der Waals surface area contributed by atoms with E-state index in [4.69, 9.17) is 0 Å². The van der Waals surface area contributed by atoms with Gasteiger partial charge >= 0.3 is 6.18 Å². The van der Waals surface area contributed by atoms with Crippen molar-refractivity contribution in [2.75, 3.05) is 6.54 Å². The molecule has 0 spiro atoms. The van der Waals surface area contributed by atoms with E-state index in [1.165, 1.54) is 6.08 Å². The maximum absolute atomic E-state index is 12.1. The van der Waals surface area contributed by atoms with Gasteiger partial charge in [-0.1, -0.05) is 6.08 Å². The highest BCUT2D eigenvalue weighted by atomic mass is 19.4. The first-order chi connectivity index (χ1) is 6.50. The predicted molar refractivity (Wildman–Crippen MR) is 50.1 cm³/mol. The first kappa shape index (κ1) is 11.6. The summed E-state index contributed by atoms with van der Waals surface area (Å²) in [5.74, 6) is 0. The molecule has 1 fully saturated rings. The molecule has 0 radical (unpaired) electrons. The highest BCUT2D eigenvalue weighted by molar-refractivity contribution is 5.05. The number of hydrogen-bond acceptors (Lipinski definition) is 1. The van der Waals surface area contributed by atoms with Gasteiger partial charge in [-0.25, -0.2) is 0 Å². The molecule has 14 heavy (non-hydrogen) atoms. The minimum atomic E-state index is -4.15. The lowest BCUT2D eigenvalue weighted by atomic mass is 10.1. The van der Waals surface area contributed by atoms with E-state index in [0.717, 1.165) is 32.7 Å². The van der Waals surface area contributed by atoms with Gasteiger partial charge in [-0.15, -0.1) is 0 Å². The van der Waals surface area contributed by atoms with Crippen LogP contribution >= 0.6 is 0 Å². The quantitative estimate of drug-likeness (QED) is 0.701. The standard InChI is InChI=1S/C10H16F3N/c1-8(10(11,12)13)4-2-5-9-6-3-7-14-9/h4,9,14H,2-3,5-7H2,1H3/b8-4-. The molecule has 1 aliphatic rings. The fourth-order valence-electron chi connectivity index (χ4n) is 1.62. The number of rotatable bonds is 3. The second-order valence-corrected chi connectivity index (χ2v) is 3.76. The molecule has 0 aromatic rings. The number of alkyl halides is 3. The third-order valence-electron chi connectivity index (χ3n) is 2.58. The van der Waals surface area contributed by atoms with Crippen LogP contribution < -0.4 is 5.32 Å². The summed E-state index contributed by atoms with van der Waals surface area (Å²) < 4.78 is 36.2. The molecule has 1 N–H and O–H groups in total. The van der Waals surface area contributed by atoms with Gasteiger partial charge < -0.3 is 5.32 Å². The summed E-state index contributed by atoms with van der Waals surface area (Å²) in [5, 5.41) is 3.26. The minimum Gasteiger partial charge on any atom is -0.314 e. The smallest absolute Gasteiger partial charge is 0.314 e. The maximum atomic E-state index is 12.1. The van der Waals surface area contributed by atoms with Gasteiger partial charge in [-0.3, -0.25) is 0 Å². The van der Waals surface area contributed by atoms with Crippen molar-refractivity contribution in [3.8, 4) is 0 Å². The lowest BCUT2D eigenvalue weighted by Gasteiger charge is -2.09. The summed E-state index contributed by atoms with van der Waals surface area (Å²) in [7, 11) is 0. The molecule has 0 bridgehead atoms. The zero-order chi connectivity index (χ0) is 10.6. The highest BCUT2D eigenvalue weighted by Crippen LogP contribution is 2.25. The van der Waals surface area contributed by atoms with Gasteiger partial charge in [0.25, 0.3) is 0 Å². The summed E-state index contributed by atoms with van der Waals surface area (Å²) in [6, 6.07) is 0.423. The van der Waals surface area contributed by atoms with E-state index in [0.29, 0.717) is 12.5 Å². The van der Waals surface area contributed by atoms with Gasteiger partial charge in [0.15, 0.2) is 0 Å². The Hall–Kier alpha value is -0.510. The second-order valence-electron chi connectivity index (χ2n) is 3.76. The van der Waals surface area contributed by atoms with Gasteiger partial charge in [0.2, 0.25) is 0 Å². The normalized spacial score (nSPS) is 24.3. The largest absolute Gasteiger partial charge is 0.412 e. The van der Waals surface area contributed by atoms with Crippen LogP contribution in [0.1, 0.15) is 32.6 Å². The topological polar surface area (TPSA) is 12.0 Å². The van der Waals surface area contributed by atoms with Crippen LogP contribution in [-0.4, -0.2) is 18.8 Å². The molecule has 0 amide bonds. The molecule has 1 unspecified atom stereocenters. The summed E-state index contributed by atoms with van der Waals surface area (Å²) in [6.07, 6.45) is 0.713. The molecule has 1 aliphatic heterocycles. The maximum Gasteiger partial charge on any atom is 0.412 e. The van der Waals surface area contributed by atoms with Crippen LogP contribution in [0.25, 0.3) is 0 Å². The Bertz CT molecular complexity index is 202. The monoisotopic (exact) mass is 207 g/mol. The average molecular weight is 207 g/mol. The number of hydrogen-bond donors (Lipinski definition) is 1. The number of allylic oxidation sites excluding steroid dienone is 2. The van der Waals surface area contributed by atoms with Crippen molar-refractivity contribution in [1.29, 1.82) is 0 Å². The van der Waals surface area contributed by atoms with Crippen molar-refractivity contribution < 1.29 is 13.2 Å². The molecule has 0 aromatic carbocycles. The average Bonchev–Trinajstić information content (AvgIpc) is 2.55. The molecular formula is C10H16F3N. The molecule has 4 heteroatoms. The van der Waals surface area contributed by atoms with Crippen LogP contribution in [0.4, 0.5) is 13.2 Å². The zero-order valence-corrected chi connectivity index (χ0v) is 8.32. The van der Waals surface area contributed by atoms with E-state index in [9.17, 15) is 13.2 Å². The van der Waals surface area contributed by atoms with Crippen LogP contribution in [-0.2, 0) is 0 Å². The Balaban J connectivity index is 2.25. The SMILES string of the molecule is C/C(=C/CCC1CCCN1)C(F)(F)F. The van der Waals surface area contributed by atoms with Crippen molar-refractivity contribution in [3.05, 3.63) is 11.6 Å². The molecular weight excluding hydrogens is 191 g/mol. The Morgan fingerprint density at radius 3 is 2.71 bits per heavy atom. The van der Waals surface area contributed by atoms with Crippen molar-refractivity contribution >= 4 is 0 Å². The van der Waals surface area contributed by atoms with Gasteiger partial charge in [-0.05, 0) is 39.2 Å². The molecule has 82 valence electrons. The highest BCUT2D eigenvalue weighted by Gasteiger charge is 2.29. The van der Waals surface area contributed by atoms with Gasteiger partial charge in [0.1, 0.15) is 0 Å². The van der Waals surface area contributed by atoms with Crippen molar-refractivity contribution in [2.24, 2.45) is 0 Å². The predicted octanol–water partition coefficient (Wildman–Crippen LogP) is 3.03. The lowest BCUT2D eigenvalue weighted by molar-refractivity contribution is -0.0915. The van der Waals surface area contributed by atoms with E-state index < -0.39 is 11.7 Å². The molecule has 1 rings (SSSR count). The molecule has 0 aliphatic carbocycles. The van der Waals surface area contributed by atoms with Crippen LogP contribution in [0.5, 0.6) is 0 Å². The lowest BCUT2D eigenvalue weighted by Crippen LogP contribution is -2.20. The Morgan fingerprint density at radius 2 is 2.21 bits per heavy atom. The summed E-state index contributed by atoms with van der Waals surface area (Å²) in [4.78, 5) is 0. The first-order valence-corrected chi connectivity index (χ1v) is 4.97. The van der Waals surface area contributed by atoms with Crippen LogP contribution in [0, 0.1) is 0 Å². The van der Waals surface area contributed by atoms with Gasteiger partial charge in [0.05, 0.1) is 0 Å². The Labute approximate surface area is 82.4 Å². The zero-order valence-electron chi connectivity index (χ0n) is 8.32. The molecule has 1 heterocycles. The minimum absolute atomic E-state index is 0.423. The number of nitrogens with one attached hydrogen (secondary N) is 1. The van der Waals surface area contributed by atoms with Crippen molar-refractivity contribution in [1.82, 2.24) is 5.32 Å². The molecule has 1 nitrogen and oxygen atoms in total. The third-order valence-corrected chi connectivity index (χ3v) is 2.58. The van der Waals surface area contributed by atoms with E-state index in [1.807, 2.05) is 0 Å². The summed E-state index contributed by atoms with van der Waals surface area (Å²) >= 11 is 0. The summed E-state index contributed by atoms with van der Waals surface area (Å²) in [5.41, 5.74) is -0.476. The molecule has 0 aromatic heterocycles. The summed E-state index contributed by atoms with van der Waals surface area (Å²) in [6.45, 7) is 2.13. The molecule has 1 saturated heterocycles.